The number of rotatable bonds is 7. The van der Waals surface area contributed by atoms with Gasteiger partial charge in [-0.2, -0.15) is 4.31 Å². The van der Waals surface area contributed by atoms with Gasteiger partial charge in [-0.15, -0.1) is 11.3 Å². The lowest BCUT2D eigenvalue weighted by Crippen LogP contribution is -2.51. The van der Waals surface area contributed by atoms with E-state index in [-0.39, 0.29) is 17.0 Å². The fourth-order valence-corrected chi connectivity index (χ4v) is 5.84. The number of carbonyl (C=O) groups excluding carboxylic acids is 1. The maximum atomic E-state index is 13.6. The van der Waals surface area contributed by atoms with Crippen LogP contribution in [0, 0.1) is 5.82 Å². The average Bonchev–Trinajstić information content (AvgIpc) is 3.33. The van der Waals surface area contributed by atoms with Gasteiger partial charge in [0.05, 0.1) is 21.7 Å². The third-order valence-electron chi connectivity index (χ3n) is 5.86. The molecule has 1 aromatic heterocycles. The normalized spacial score (nSPS) is 16.2. The Morgan fingerprint density at radius 3 is 2.51 bits per heavy atom. The molecule has 35 heavy (non-hydrogen) atoms. The molecule has 1 fully saturated rings. The van der Waals surface area contributed by atoms with E-state index in [2.05, 4.69) is 15.2 Å². The van der Waals surface area contributed by atoms with Crippen LogP contribution in [0.1, 0.15) is 17.3 Å². The number of hydrogen-bond donors (Lipinski definition) is 1. The summed E-state index contributed by atoms with van der Waals surface area (Å²) in [7, 11) is -3.19. The molecule has 1 aliphatic heterocycles. The summed E-state index contributed by atoms with van der Waals surface area (Å²) >= 11 is 7.76. The first kappa shape index (κ1) is 25.7. The van der Waals surface area contributed by atoms with Gasteiger partial charge < -0.3 is 5.32 Å². The number of carbonyl (C=O) groups is 1. The number of sulfonamides is 1. The van der Waals surface area contributed by atoms with Gasteiger partial charge in [-0.1, -0.05) is 11.6 Å². The van der Waals surface area contributed by atoms with E-state index in [0.29, 0.717) is 49.4 Å². The van der Waals surface area contributed by atoms with E-state index in [0.717, 1.165) is 10.4 Å². The average molecular weight is 537 g/mol. The number of aromatic nitrogens is 1. The molecule has 0 spiro atoms. The summed E-state index contributed by atoms with van der Waals surface area (Å²) in [6.45, 7) is 4.64. The molecule has 186 valence electrons. The third-order valence-corrected chi connectivity index (χ3v) is 8.30. The largest absolute Gasteiger partial charge is 0.348 e. The lowest BCUT2D eigenvalue weighted by molar-refractivity contribution is 0.0922. The van der Waals surface area contributed by atoms with E-state index in [1.807, 2.05) is 13.0 Å². The molecule has 1 N–H and O–H groups in total. The predicted octanol–water partition coefficient (Wildman–Crippen LogP) is 3.97. The lowest BCUT2D eigenvalue weighted by Gasteiger charge is -2.34. The van der Waals surface area contributed by atoms with Crippen LogP contribution >= 0.6 is 22.9 Å². The van der Waals surface area contributed by atoms with Gasteiger partial charge in [-0.05, 0) is 54.4 Å². The molecule has 11 heteroatoms. The van der Waals surface area contributed by atoms with Gasteiger partial charge in [0.2, 0.25) is 10.0 Å². The molecular formula is C24H26ClFN4O3S2. The maximum absolute atomic E-state index is 13.6. The van der Waals surface area contributed by atoms with E-state index < -0.39 is 15.8 Å². The van der Waals surface area contributed by atoms with Crippen molar-refractivity contribution in [3.05, 3.63) is 64.5 Å². The topological polar surface area (TPSA) is 82.6 Å². The predicted molar refractivity (Wildman–Crippen MR) is 138 cm³/mol. The molecular weight excluding hydrogens is 511 g/mol. The Labute approximate surface area is 213 Å². The smallest absolute Gasteiger partial charge is 0.251 e. The summed E-state index contributed by atoms with van der Waals surface area (Å²) in [5, 5.41) is 3.31. The van der Waals surface area contributed by atoms with Gasteiger partial charge in [0.25, 0.3) is 5.91 Å². The quantitative estimate of drug-likeness (QED) is 0.494. The van der Waals surface area contributed by atoms with Crippen LogP contribution in [0.2, 0.25) is 5.02 Å². The van der Waals surface area contributed by atoms with Crippen LogP contribution in [0.5, 0.6) is 0 Å². The van der Waals surface area contributed by atoms with Crippen LogP contribution in [0.4, 0.5) is 4.39 Å². The zero-order chi connectivity index (χ0) is 25.2. The summed E-state index contributed by atoms with van der Waals surface area (Å²) in [5.74, 6) is -0.667. The van der Waals surface area contributed by atoms with Gasteiger partial charge >= 0.3 is 0 Å². The number of halogens is 2. The first-order valence-corrected chi connectivity index (χ1v) is 14.2. The summed E-state index contributed by atoms with van der Waals surface area (Å²) in [6.07, 6.45) is 2.95. The second kappa shape index (κ2) is 10.7. The van der Waals surface area contributed by atoms with Crippen LogP contribution in [0.25, 0.3) is 21.6 Å². The van der Waals surface area contributed by atoms with Crippen molar-refractivity contribution in [2.45, 2.75) is 13.0 Å². The van der Waals surface area contributed by atoms with Gasteiger partial charge in [0.15, 0.2) is 0 Å². The highest BCUT2D eigenvalue weighted by atomic mass is 35.5. The number of benzene rings is 2. The molecule has 0 radical (unpaired) electrons. The minimum atomic E-state index is -3.19. The molecule has 1 unspecified atom stereocenters. The molecule has 1 amide bonds. The van der Waals surface area contributed by atoms with Crippen LogP contribution in [0.3, 0.4) is 0 Å². The molecule has 3 aromatic rings. The van der Waals surface area contributed by atoms with Crippen molar-refractivity contribution in [1.82, 2.24) is 19.5 Å². The molecule has 0 aliphatic carbocycles. The molecule has 2 heterocycles. The van der Waals surface area contributed by atoms with Crippen molar-refractivity contribution in [1.29, 1.82) is 0 Å². The van der Waals surface area contributed by atoms with Crippen LogP contribution < -0.4 is 5.32 Å². The first-order valence-electron chi connectivity index (χ1n) is 11.1. The van der Waals surface area contributed by atoms with Gasteiger partial charge in [-0.3, -0.25) is 14.7 Å². The van der Waals surface area contributed by atoms with Gasteiger partial charge in [0.1, 0.15) is 5.82 Å². The van der Waals surface area contributed by atoms with E-state index in [1.54, 1.807) is 29.9 Å². The molecule has 7 nitrogen and oxygen atoms in total. The molecule has 1 saturated heterocycles. The first-order chi connectivity index (χ1) is 16.6. The van der Waals surface area contributed by atoms with Crippen LogP contribution in [-0.2, 0) is 10.0 Å². The number of amides is 1. The molecule has 1 aliphatic rings. The van der Waals surface area contributed by atoms with Crippen molar-refractivity contribution < 1.29 is 17.6 Å². The molecule has 4 rings (SSSR count). The molecule has 0 saturated carbocycles. The fourth-order valence-electron chi connectivity index (χ4n) is 4.12. The van der Waals surface area contributed by atoms with Crippen molar-refractivity contribution in [3.63, 3.8) is 0 Å². The van der Waals surface area contributed by atoms with E-state index in [9.17, 15) is 17.6 Å². The Morgan fingerprint density at radius 2 is 1.89 bits per heavy atom. The Balaban J connectivity index is 1.51. The van der Waals surface area contributed by atoms with E-state index in [4.69, 9.17) is 11.6 Å². The molecule has 1 atom stereocenters. The Hall–Kier alpha value is -2.37. The zero-order valence-electron chi connectivity index (χ0n) is 19.4. The highest BCUT2D eigenvalue weighted by Gasteiger charge is 2.24. The van der Waals surface area contributed by atoms with Gasteiger partial charge in [0, 0.05) is 56.1 Å². The van der Waals surface area contributed by atoms with Crippen LogP contribution in [-0.4, -0.2) is 73.5 Å². The van der Waals surface area contributed by atoms with Crippen molar-refractivity contribution >= 4 is 38.9 Å². The number of thiazole rings is 1. The van der Waals surface area contributed by atoms with Crippen LogP contribution in [0.15, 0.2) is 48.1 Å². The van der Waals surface area contributed by atoms with Crippen molar-refractivity contribution in [3.8, 4) is 21.6 Å². The van der Waals surface area contributed by atoms with E-state index in [1.165, 1.54) is 34.0 Å². The highest BCUT2D eigenvalue weighted by Crippen LogP contribution is 2.34. The molecule has 2 aromatic carbocycles. The number of nitrogens with one attached hydrogen (secondary N) is 1. The monoisotopic (exact) mass is 536 g/mol. The lowest BCUT2D eigenvalue weighted by atomic mass is 9.98. The second-order valence-corrected chi connectivity index (χ2v) is 11.9. The van der Waals surface area contributed by atoms with Crippen molar-refractivity contribution in [2.24, 2.45) is 0 Å². The second-order valence-electron chi connectivity index (χ2n) is 8.63. The number of nitrogens with zero attached hydrogens (tertiary/aromatic N) is 3. The summed E-state index contributed by atoms with van der Waals surface area (Å²) in [6, 6.07) is 9.50. The highest BCUT2D eigenvalue weighted by molar-refractivity contribution is 7.88. The standard InChI is InChI=1S/C24H26ClFN4O3S2/c1-16(14-29-5-7-30(8-6-29)35(2,32)33)28-24(31)19-10-17(21-4-3-20(26)12-22(21)25)9-18(11-19)23-13-27-15-34-23/h3-4,9-13,15-16H,5-8,14H2,1-2H3,(H,28,31). The van der Waals surface area contributed by atoms with E-state index >= 15 is 0 Å². The summed E-state index contributed by atoms with van der Waals surface area (Å²) < 4.78 is 38.5. The zero-order valence-corrected chi connectivity index (χ0v) is 21.8. The third kappa shape index (κ3) is 6.45. The summed E-state index contributed by atoms with van der Waals surface area (Å²) in [5.41, 5.74) is 4.33. The number of piperazine rings is 1. The minimum Gasteiger partial charge on any atom is -0.348 e. The minimum absolute atomic E-state index is 0.155. The Morgan fingerprint density at radius 1 is 1.17 bits per heavy atom. The van der Waals surface area contributed by atoms with Gasteiger partial charge in [-0.25, -0.2) is 12.8 Å². The number of hydrogen-bond acceptors (Lipinski definition) is 6. The Kier molecular flexibility index (Phi) is 7.87. The SMILES string of the molecule is CC(CN1CCN(S(C)(=O)=O)CC1)NC(=O)c1cc(-c2cncs2)cc(-c2ccc(F)cc2Cl)c1. The maximum Gasteiger partial charge on any atom is 0.251 e. The molecule has 0 bridgehead atoms. The Bertz CT molecular complexity index is 1310. The van der Waals surface area contributed by atoms with Crippen molar-refractivity contribution in [2.75, 3.05) is 39.0 Å². The summed E-state index contributed by atoms with van der Waals surface area (Å²) in [4.78, 5) is 20.4. The fraction of sp³-hybridized carbons (Fsp3) is 0.333.